The topological polar surface area (TPSA) is 115 Å². The van der Waals surface area contributed by atoms with Gasteiger partial charge in [0.2, 0.25) is 0 Å². The number of fused-ring (bicyclic) bond motifs is 4. The van der Waals surface area contributed by atoms with Crippen LogP contribution in [0.4, 0.5) is 4.79 Å². The molecule has 8 nitrogen and oxygen atoms in total. The van der Waals surface area contributed by atoms with Crippen LogP contribution in [0.5, 0.6) is 0 Å². The highest BCUT2D eigenvalue weighted by Crippen LogP contribution is 2.44. The van der Waals surface area contributed by atoms with Gasteiger partial charge in [-0.1, -0.05) is 24.3 Å². The van der Waals surface area contributed by atoms with Crippen molar-refractivity contribution in [3.05, 3.63) is 35.4 Å². The second kappa shape index (κ2) is 3.93. The Bertz CT molecular complexity index is 715. The third kappa shape index (κ3) is 1.60. The zero-order chi connectivity index (χ0) is 14.7. The maximum absolute atomic E-state index is 12.1. The van der Waals surface area contributed by atoms with Gasteiger partial charge in [0.25, 0.3) is 0 Å². The number of hydrogen-bond donors (Lipinski definition) is 2. The SMILES string of the molecule is O=C(O)[C@H]1c2ccccc2[C@@H]2CN1C(=O)N2S(=O)(=O)O. The predicted molar refractivity (Wildman–Crippen MR) is 65.0 cm³/mol. The Morgan fingerprint density at radius 3 is 2.40 bits per heavy atom. The van der Waals surface area contributed by atoms with Gasteiger partial charge in [0.05, 0.1) is 6.04 Å². The summed E-state index contributed by atoms with van der Waals surface area (Å²) in [7, 11) is -4.75. The summed E-state index contributed by atoms with van der Waals surface area (Å²) in [5.41, 5.74) is 0.773. The molecule has 2 heterocycles. The summed E-state index contributed by atoms with van der Waals surface area (Å²) in [6.45, 7) is -0.0907. The molecule has 0 aliphatic carbocycles. The minimum Gasteiger partial charge on any atom is -0.479 e. The van der Waals surface area contributed by atoms with E-state index in [0.717, 1.165) is 4.90 Å². The Morgan fingerprint density at radius 2 is 1.85 bits per heavy atom. The van der Waals surface area contributed by atoms with Crippen LogP contribution in [0.15, 0.2) is 24.3 Å². The van der Waals surface area contributed by atoms with Crippen molar-refractivity contribution in [2.75, 3.05) is 6.54 Å². The molecule has 2 atom stereocenters. The lowest BCUT2D eigenvalue weighted by Gasteiger charge is -2.29. The van der Waals surface area contributed by atoms with E-state index in [1.165, 1.54) is 6.07 Å². The number of carbonyl (C=O) groups excluding carboxylic acids is 1. The molecule has 1 fully saturated rings. The van der Waals surface area contributed by atoms with Crippen molar-refractivity contribution in [2.45, 2.75) is 12.1 Å². The number of carboxylic acid groups (broad SMARTS) is 1. The molecule has 9 heteroatoms. The predicted octanol–water partition coefficient (Wildman–Crippen LogP) is 0.407. The highest BCUT2D eigenvalue weighted by molar-refractivity contribution is 7.84. The van der Waals surface area contributed by atoms with E-state index in [9.17, 15) is 27.7 Å². The van der Waals surface area contributed by atoms with Gasteiger partial charge >= 0.3 is 22.3 Å². The van der Waals surface area contributed by atoms with Crippen molar-refractivity contribution >= 4 is 22.3 Å². The Hall–Kier alpha value is -2.13. The summed E-state index contributed by atoms with van der Waals surface area (Å²) in [5.74, 6) is -1.25. The lowest BCUT2D eigenvalue weighted by Crippen LogP contribution is -2.39. The zero-order valence-corrected chi connectivity index (χ0v) is 10.8. The van der Waals surface area contributed by atoms with Crippen LogP contribution >= 0.6 is 0 Å². The fraction of sp³-hybridized carbons (Fsp3) is 0.273. The number of nitrogens with zero attached hydrogens (tertiary/aromatic N) is 2. The number of aliphatic carboxylic acids is 1. The van der Waals surface area contributed by atoms with Crippen LogP contribution in [0.1, 0.15) is 23.2 Å². The van der Waals surface area contributed by atoms with Gasteiger partial charge < -0.3 is 10.0 Å². The number of carbonyl (C=O) groups is 2. The quantitative estimate of drug-likeness (QED) is 0.764. The van der Waals surface area contributed by atoms with Gasteiger partial charge in [0.15, 0.2) is 6.04 Å². The van der Waals surface area contributed by atoms with Crippen LogP contribution in [-0.4, -0.2) is 45.8 Å². The van der Waals surface area contributed by atoms with E-state index < -0.39 is 34.4 Å². The van der Waals surface area contributed by atoms with E-state index in [1.54, 1.807) is 18.2 Å². The zero-order valence-electron chi connectivity index (χ0n) is 10.0. The van der Waals surface area contributed by atoms with Crippen molar-refractivity contribution in [2.24, 2.45) is 0 Å². The number of rotatable bonds is 2. The monoisotopic (exact) mass is 298 g/mol. The minimum absolute atomic E-state index is 0.0907. The molecule has 0 aromatic heterocycles. The summed E-state index contributed by atoms with van der Waals surface area (Å²) >= 11 is 0. The molecule has 0 spiro atoms. The van der Waals surface area contributed by atoms with E-state index in [4.69, 9.17) is 0 Å². The van der Waals surface area contributed by atoms with Gasteiger partial charge in [0, 0.05) is 6.54 Å². The summed E-state index contributed by atoms with van der Waals surface area (Å²) in [6.07, 6.45) is 0. The van der Waals surface area contributed by atoms with E-state index in [2.05, 4.69) is 0 Å². The minimum atomic E-state index is -4.75. The lowest BCUT2D eigenvalue weighted by molar-refractivity contribution is -0.142. The Morgan fingerprint density at radius 1 is 1.25 bits per heavy atom. The summed E-state index contributed by atoms with van der Waals surface area (Å²) in [6, 6.07) is 3.16. The molecule has 2 aliphatic heterocycles. The first-order chi connectivity index (χ1) is 9.32. The molecule has 2 aliphatic rings. The normalized spacial score (nSPS) is 24.8. The highest BCUT2D eigenvalue weighted by Gasteiger charge is 2.53. The van der Waals surface area contributed by atoms with Gasteiger partial charge in [0.1, 0.15) is 0 Å². The van der Waals surface area contributed by atoms with Gasteiger partial charge in [-0.15, -0.1) is 0 Å². The molecule has 2 N–H and O–H groups in total. The average Bonchev–Trinajstić information content (AvgIpc) is 2.63. The molecule has 1 aromatic rings. The lowest BCUT2D eigenvalue weighted by atomic mass is 9.91. The van der Waals surface area contributed by atoms with E-state index in [-0.39, 0.29) is 6.54 Å². The van der Waals surface area contributed by atoms with Crippen molar-refractivity contribution < 1.29 is 27.7 Å². The average molecular weight is 298 g/mol. The number of urea groups is 1. The molecule has 0 radical (unpaired) electrons. The summed E-state index contributed by atoms with van der Waals surface area (Å²) in [4.78, 5) is 24.4. The molecule has 1 aromatic carbocycles. The van der Waals surface area contributed by atoms with Crippen LogP contribution in [0, 0.1) is 0 Å². The maximum Gasteiger partial charge on any atom is 0.364 e. The van der Waals surface area contributed by atoms with Crippen LogP contribution in [0.3, 0.4) is 0 Å². The van der Waals surface area contributed by atoms with Gasteiger partial charge in [-0.05, 0) is 11.1 Å². The Kier molecular flexibility index (Phi) is 2.53. The highest BCUT2D eigenvalue weighted by atomic mass is 32.2. The van der Waals surface area contributed by atoms with Crippen LogP contribution in [0.2, 0.25) is 0 Å². The fourth-order valence-electron chi connectivity index (χ4n) is 2.80. The fourth-order valence-corrected chi connectivity index (χ4v) is 3.60. The number of benzene rings is 1. The molecule has 2 amide bonds. The largest absolute Gasteiger partial charge is 0.479 e. The molecule has 1 saturated heterocycles. The van der Waals surface area contributed by atoms with Crippen molar-refractivity contribution in [1.82, 2.24) is 9.21 Å². The Balaban J connectivity index is 2.24. The number of carboxylic acids is 1. The van der Waals surface area contributed by atoms with E-state index >= 15 is 0 Å². The summed E-state index contributed by atoms with van der Waals surface area (Å²) < 4.78 is 32.2. The first kappa shape index (κ1) is 12.9. The number of amides is 2. The standard InChI is InChI=1S/C11H10N2O6S/c14-10(15)9-7-4-2-1-3-6(7)8-5-12(9)11(16)13(8)20(17,18)19/h1-4,8-9H,5H2,(H,14,15)(H,17,18,19)/t8-,9+/m0/s1. The molecule has 3 rings (SSSR count). The van der Waals surface area contributed by atoms with Crippen LogP contribution < -0.4 is 0 Å². The van der Waals surface area contributed by atoms with Gasteiger partial charge in [-0.3, -0.25) is 4.55 Å². The Labute approximate surface area is 114 Å². The van der Waals surface area contributed by atoms with Crippen LogP contribution in [0.25, 0.3) is 0 Å². The van der Waals surface area contributed by atoms with E-state index in [1.807, 2.05) is 0 Å². The molecule has 0 saturated carbocycles. The molecule has 106 valence electrons. The molecule has 20 heavy (non-hydrogen) atoms. The van der Waals surface area contributed by atoms with Gasteiger partial charge in [-0.2, -0.15) is 12.7 Å². The first-order valence-corrected chi connectivity index (χ1v) is 7.11. The van der Waals surface area contributed by atoms with Crippen LogP contribution in [-0.2, 0) is 15.1 Å². The number of hydrogen-bond acceptors (Lipinski definition) is 4. The van der Waals surface area contributed by atoms with Gasteiger partial charge in [-0.25, -0.2) is 9.59 Å². The maximum atomic E-state index is 12.1. The molecule has 0 unspecified atom stereocenters. The first-order valence-electron chi connectivity index (χ1n) is 5.71. The van der Waals surface area contributed by atoms with Crippen molar-refractivity contribution in [3.8, 4) is 0 Å². The van der Waals surface area contributed by atoms with Crippen molar-refractivity contribution in [1.29, 1.82) is 0 Å². The second-order valence-corrected chi connectivity index (χ2v) is 5.88. The van der Waals surface area contributed by atoms with E-state index in [0.29, 0.717) is 15.4 Å². The third-order valence-corrected chi connectivity index (χ3v) is 4.44. The third-order valence-electron chi connectivity index (χ3n) is 3.53. The second-order valence-electron chi connectivity index (χ2n) is 4.59. The molecular weight excluding hydrogens is 288 g/mol. The molecule has 2 bridgehead atoms. The van der Waals surface area contributed by atoms with Crippen molar-refractivity contribution in [3.63, 3.8) is 0 Å². The smallest absolute Gasteiger partial charge is 0.364 e. The molecular formula is C11H10N2O6S. The summed E-state index contributed by atoms with van der Waals surface area (Å²) in [5, 5.41) is 9.29.